The van der Waals surface area contributed by atoms with Crippen molar-refractivity contribution in [2.45, 2.75) is 12.5 Å². The third kappa shape index (κ3) is 2.34. The van der Waals surface area contributed by atoms with Gasteiger partial charge in [0.2, 0.25) is 0 Å². The summed E-state index contributed by atoms with van der Waals surface area (Å²) in [6.45, 7) is 0. The molecule has 0 aliphatic carbocycles. The van der Waals surface area contributed by atoms with Crippen LogP contribution in [-0.2, 0) is 16.0 Å². The first kappa shape index (κ1) is 13.2. The normalized spacial score (nSPS) is 12.6. The SMILES string of the molecule is COC(Cc1cccc2ncc(-c3nnn[nH]3)n12)C(=O)O. The quantitative estimate of drug-likeness (QED) is 0.686. The molecule has 0 saturated carbocycles. The van der Waals surface area contributed by atoms with Crippen LogP contribution >= 0.6 is 0 Å². The topological polar surface area (TPSA) is 118 Å². The van der Waals surface area contributed by atoms with E-state index in [1.807, 2.05) is 18.2 Å². The Bertz CT molecular complexity index is 766. The van der Waals surface area contributed by atoms with Crippen molar-refractivity contribution in [3.63, 3.8) is 0 Å². The van der Waals surface area contributed by atoms with Gasteiger partial charge in [-0.3, -0.25) is 4.40 Å². The summed E-state index contributed by atoms with van der Waals surface area (Å²) in [7, 11) is 1.37. The largest absolute Gasteiger partial charge is 0.479 e. The molecule has 0 fully saturated rings. The average molecular weight is 288 g/mol. The van der Waals surface area contributed by atoms with E-state index in [1.165, 1.54) is 7.11 Å². The highest BCUT2D eigenvalue weighted by Crippen LogP contribution is 2.19. The van der Waals surface area contributed by atoms with Gasteiger partial charge in [-0.05, 0) is 22.6 Å². The van der Waals surface area contributed by atoms with Gasteiger partial charge in [-0.1, -0.05) is 6.07 Å². The fourth-order valence-corrected chi connectivity index (χ4v) is 2.16. The Morgan fingerprint density at radius 1 is 1.52 bits per heavy atom. The molecule has 0 aliphatic rings. The molecule has 0 spiro atoms. The summed E-state index contributed by atoms with van der Waals surface area (Å²) in [6, 6.07) is 5.45. The number of pyridine rings is 1. The molecule has 108 valence electrons. The number of hydrogen-bond donors (Lipinski definition) is 2. The maximum atomic E-state index is 11.1. The summed E-state index contributed by atoms with van der Waals surface area (Å²) in [6.07, 6.45) is 0.899. The smallest absolute Gasteiger partial charge is 0.333 e. The fourth-order valence-electron chi connectivity index (χ4n) is 2.16. The minimum absolute atomic E-state index is 0.202. The monoisotopic (exact) mass is 288 g/mol. The molecule has 0 radical (unpaired) electrons. The van der Waals surface area contributed by atoms with Crippen LogP contribution in [0, 0.1) is 0 Å². The number of carboxylic acid groups (broad SMARTS) is 1. The second-order valence-electron chi connectivity index (χ2n) is 4.37. The third-order valence-electron chi connectivity index (χ3n) is 3.15. The standard InChI is InChI=1S/C12H12N6O3/c1-21-9(12(19)20)5-7-3-2-4-10-13-6-8(18(7)10)11-14-16-17-15-11/h2-4,6,9H,5H2,1H3,(H,19,20)(H,14,15,16,17). The number of methoxy groups -OCH3 is 1. The molecule has 3 aromatic rings. The summed E-state index contributed by atoms with van der Waals surface area (Å²) in [5.41, 5.74) is 2.08. The lowest BCUT2D eigenvalue weighted by atomic mass is 10.1. The summed E-state index contributed by atoms with van der Waals surface area (Å²) in [4.78, 5) is 15.4. The molecule has 3 heterocycles. The summed E-state index contributed by atoms with van der Waals surface area (Å²) < 4.78 is 6.79. The summed E-state index contributed by atoms with van der Waals surface area (Å²) >= 11 is 0. The molecule has 2 N–H and O–H groups in total. The Morgan fingerprint density at radius 3 is 3.05 bits per heavy atom. The number of aliphatic carboxylic acids is 1. The van der Waals surface area contributed by atoms with E-state index in [4.69, 9.17) is 9.84 Å². The first-order chi connectivity index (χ1) is 10.2. The zero-order valence-electron chi connectivity index (χ0n) is 11.1. The second-order valence-corrected chi connectivity index (χ2v) is 4.37. The van der Waals surface area contributed by atoms with Gasteiger partial charge in [-0.15, -0.1) is 5.10 Å². The van der Waals surface area contributed by atoms with Crippen molar-refractivity contribution < 1.29 is 14.6 Å². The maximum absolute atomic E-state index is 11.1. The van der Waals surface area contributed by atoms with E-state index in [0.29, 0.717) is 17.2 Å². The maximum Gasteiger partial charge on any atom is 0.333 e. The van der Waals surface area contributed by atoms with Crippen LogP contribution in [0.1, 0.15) is 5.69 Å². The summed E-state index contributed by atoms with van der Waals surface area (Å²) in [5, 5.41) is 22.7. The van der Waals surface area contributed by atoms with Crippen molar-refractivity contribution >= 4 is 11.6 Å². The van der Waals surface area contributed by atoms with Crippen LogP contribution in [0.2, 0.25) is 0 Å². The van der Waals surface area contributed by atoms with Crippen molar-refractivity contribution in [3.05, 3.63) is 30.1 Å². The molecule has 1 unspecified atom stereocenters. The van der Waals surface area contributed by atoms with Crippen LogP contribution in [0.4, 0.5) is 0 Å². The predicted octanol–water partition coefficient (Wildman–Crippen LogP) is 0.156. The number of aromatic amines is 1. The lowest BCUT2D eigenvalue weighted by molar-refractivity contribution is -0.148. The van der Waals surface area contributed by atoms with Gasteiger partial charge in [-0.2, -0.15) is 0 Å². The number of carboxylic acids is 1. The van der Waals surface area contributed by atoms with Crippen LogP contribution in [-0.4, -0.2) is 54.3 Å². The number of tetrazole rings is 1. The van der Waals surface area contributed by atoms with Gasteiger partial charge in [0, 0.05) is 19.2 Å². The van der Waals surface area contributed by atoms with E-state index < -0.39 is 12.1 Å². The Kier molecular flexibility index (Phi) is 3.32. The zero-order chi connectivity index (χ0) is 14.8. The molecule has 3 rings (SSSR count). The van der Waals surface area contributed by atoms with E-state index in [1.54, 1.807) is 10.6 Å². The Morgan fingerprint density at radius 2 is 2.38 bits per heavy atom. The Labute approximate surface area is 118 Å². The van der Waals surface area contributed by atoms with Crippen molar-refractivity contribution in [3.8, 4) is 11.5 Å². The second kappa shape index (κ2) is 5.29. The fraction of sp³-hybridized carbons (Fsp3) is 0.250. The number of ether oxygens (including phenoxy) is 1. The lowest BCUT2D eigenvalue weighted by Gasteiger charge is -2.12. The molecule has 21 heavy (non-hydrogen) atoms. The molecule has 0 aliphatic heterocycles. The van der Waals surface area contributed by atoms with Gasteiger partial charge in [-0.25, -0.2) is 14.9 Å². The molecule has 3 aromatic heterocycles. The number of rotatable bonds is 5. The van der Waals surface area contributed by atoms with Crippen LogP contribution in [0.25, 0.3) is 17.2 Å². The van der Waals surface area contributed by atoms with Gasteiger partial charge in [0.25, 0.3) is 0 Å². The van der Waals surface area contributed by atoms with Gasteiger partial charge < -0.3 is 9.84 Å². The van der Waals surface area contributed by atoms with Crippen LogP contribution < -0.4 is 0 Å². The molecule has 0 bridgehead atoms. The van der Waals surface area contributed by atoms with Gasteiger partial charge in [0.1, 0.15) is 11.3 Å². The number of imidazole rings is 1. The molecule has 0 amide bonds. The van der Waals surface area contributed by atoms with E-state index in [2.05, 4.69) is 25.6 Å². The van der Waals surface area contributed by atoms with Crippen molar-refractivity contribution in [1.82, 2.24) is 30.0 Å². The van der Waals surface area contributed by atoms with Crippen LogP contribution in [0.5, 0.6) is 0 Å². The lowest BCUT2D eigenvalue weighted by Crippen LogP contribution is -2.25. The number of fused-ring (bicyclic) bond motifs is 1. The molecular weight excluding hydrogens is 276 g/mol. The van der Waals surface area contributed by atoms with Crippen molar-refractivity contribution in [1.29, 1.82) is 0 Å². The number of aromatic nitrogens is 6. The molecular formula is C12H12N6O3. The van der Waals surface area contributed by atoms with Crippen LogP contribution in [0.3, 0.4) is 0 Å². The average Bonchev–Trinajstić information content (AvgIpc) is 3.12. The number of H-pyrrole nitrogens is 1. The molecule has 9 heteroatoms. The predicted molar refractivity (Wildman–Crippen MR) is 70.5 cm³/mol. The van der Waals surface area contributed by atoms with Gasteiger partial charge in [0.05, 0.1) is 6.20 Å². The van der Waals surface area contributed by atoms with E-state index >= 15 is 0 Å². The van der Waals surface area contributed by atoms with E-state index in [-0.39, 0.29) is 6.42 Å². The Hall–Kier alpha value is -2.81. The highest BCUT2D eigenvalue weighted by atomic mass is 16.5. The van der Waals surface area contributed by atoms with Crippen molar-refractivity contribution in [2.75, 3.05) is 7.11 Å². The molecule has 0 aromatic carbocycles. The number of nitrogens with one attached hydrogen (secondary N) is 1. The van der Waals surface area contributed by atoms with Crippen molar-refractivity contribution in [2.24, 2.45) is 0 Å². The zero-order valence-corrected chi connectivity index (χ0v) is 11.1. The number of hydrogen-bond acceptors (Lipinski definition) is 6. The first-order valence-electron chi connectivity index (χ1n) is 6.15. The highest BCUT2D eigenvalue weighted by molar-refractivity contribution is 5.72. The summed E-state index contributed by atoms with van der Waals surface area (Å²) in [5.74, 6) is -0.559. The van der Waals surface area contributed by atoms with Crippen LogP contribution in [0.15, 0.2) is 24.4 Å². The third-order valence-corrected chi connectivity index (χ3v) is 3.15. The van der Waals surface area contributed by atoms with E-state index in [9.17, 15) is 4.79 Å². The van der Waals surface area contributed by atoms with Gasteiger partial charge in [0.15, 0.2) is 11.9 Å². The van der Waals surface area contributed by atoms with Gasteiger partial charge >= 0.3 is 5.97 Å². The minimum atomic E-state index is -1.02. The number of nitrogens with zero attached hydrogens (tertiary/aromatic N) is 5. The minimum Gasteiger partial charge on any atom is -0.479 e. The number of carbonyl (C=O) groups is 1. The Balaban J connectivity index is 2.10. The molecule has 9 nitrogen and oxygen atoms in total. The molecule has 1 atom stereocenters. The highest BCUT2D eigenvalue weighted by Gasteiger charge is 2.20. The first-order valence-corrected chi connectivity index (χ1v) is 6.15. The van der Waals surface area contributed by atoms with E-state index in [0.717, 1.165) is 5.69 Å². The molecule has 0 saturated heterocycles.